The number of carbonyl (C=O) groups excluding carboxylic acids is 2. The van der Waals surface area contributed by atoms with Gasteiger partial charge in [0.15, 0.2) is 5.78 Å². The van der Waals surface area contributed by atoms with Gasteiger partial charge in [0.05, 0.1) is 0 Å². The predicted molar refractivity (Wildman–Crippen MR) is 78.3 cm³/mol. The van der Waals surface area contributed by atoms with Crippen molar-refractivity contribution in [1.82, 2.24) is 14.8 Å². The summed E-state index contributed by atoms with van der Waals surface area (Å²) in [5, 5.41) is 0. The molecule has 0 aromatic carbocycles. The van der Waals surface area contributed by atoms with Crippen molar-refractivity contribution in [1.29, 1.82) is 0 Å². The van der Waals surface area contributed by atoms with Crippen LogP contribution in [0, 0.1) is 13.8 Å². The van der Waals surface area contributed by atoms with Gasteiger partial charge < -0.3 is 14.8 Å². The normalized spacial score (nSPS) is 17.1. The lowest BCUT2D eigenvalue weighted by Crippen LogP contribution is -2.35. The number of likely N-dealkylation sites (N-methyl/N-ethyl adjacent to an activating group) is 1. The molecule has 5 heteroatoms. The Hall–Kier alpha value is -1.62. The zero-order valence-electron chi connectivity index (χ0n) is 12.7. The zero-order valence-corrected chi connectivity index (χ0v) is 12.7. The molecule has 1 saturated heterocycles. The number of nitrogens with zero attached hydrogens (tertiary/aromatic N) is 2. The van der Waals surface area contributed by atoms with Crippen LogP contribution in [-0.2, 0) is 0 Å². The maximum atomic E-state index is 12.6. The number of aromatic amines is 1. The van der Waals surface area contributed by atoms with Crippen molar-refractivity contribution in [2.24, 2.45) is 0 Å². The smallest absolute Gasteiger partial charge is 0.270 e. The van der Waals surface area contributed by atoms with Crippen LogP contribution in [0.15, 0.2) is 0 Å². The molecule has 0 aliphatic carbocycles. The van der Waals surface area contributed by atoms with E-state index in [1.54, 1.807) is 6.92 Å². The van der Waals surface area contributed by atoms with Gasteiger partial charge in [-0.05, 0) is 46.3 Å². The Balaban J connectivity index is 2.25. The minimum absolute atomic E-state index is 0.00546. The largest absolute Gasteiger partial charge is 0.354 e. The molecule has 0 atom stereocenters. The topological polar surface area (TPSA) is 56.4 Å². The fourth-order valence-electron chi connectivity index (χ4n) is 2.90. The van der Waals surface area contributed by atoms with Gasteiger partial charge in [-0.3, -0.25) is 9.59 Å². The molecule has 1 aliphatic heterocycles. The lowest BCUT2D eigenvalue weighted by Gasteiger charge is -2.20. The molecule has 1 amide bonds. The van der Waals surface area contributed by atoms with Crippen molar-refractivity contribution in [3.63, 3.8) is 0 Å². The minimum Gasteiger partial charge on any atom is -0.354 e. The number of ketones is 1. The molecule has 1 aromatic rings. The third kappa shape index (κ3) is 2.77. The zero-order chi connectivity index (χ0) is 14.9. The second-order valence-electron chi connectivity index (χ2n) is 5.63. The van der Waals surface area contributed by atoms with Crippen LogP contribution in [0.25, 0.3) is 0 Å². The number of Topliss-reactive ketones (excluding diaryl/α,β-unsaturated/α-hetero) is 1. The Morgan fingerprint density at radius 1 is 1.10 bits per heavy atom. The second kappa shape index (κ2) is 5.79. The highest BCUT2D eigenvalue weighted by atomic mass is 16.2. The molecular weight excluding hydrogens is 254 g/mol. The highest BCUT2D eigenvalue weighted by Gasteiger charge is 2.24. The molecule has 0 spiro atoms. The van der Waals surface area contributed by atoms with Gasteiger partial charge in [0.25, 0.3) is 5.91 Å². The van der Waals surface area contributed by atoms with Crippen LogP contribution in [0.5, 0.6) is 0 Å². The van der Waals surface area contributed by atoms with E-state index in [2.05, 4.69) is 16.9 Å². The molecule has 1 aliphatic rings. The van der Waals surface area contributed by atoms with Crippen LogP contribution in [0.1, 0.15) is 45.4 Å². The number of nitrogens with one attached hydrogen (secondary N) is 1. The number of H-pyrrole nitrogens is 1. The van der Waals surface area contributed by atoms with Crippen molar-refractivity contribution in [3.8, 4) is 0 Å². The molecule has 0 unspecified atom stereocenters. The number of rotatable bonds is 2. The van der Waals surface area contributed by atoms with Crippen LogP contribution in [0.3, 0.4) is 0 Å². The van der Waals surface area contributed by atoms with Gasteiger partial charge in [0.2, 0.25) is 0 Å². The van der Waals surface area contributed by atoms with Crippen LogP contribution in [0.2, 0.25) is 0 Å². The fraction of sp³-hybridized carbons (Fsp3) is 0.600. The number of amides is 1. The van der Waals surface area contributed by atoms with E-state index in [1.165, 1.54) is 0 Å². The average molecular weight is 277 g/mol. The molecule has 0 saturated carbocycles. The number of aryl methyl sites for hydroxylation is 1. The summed E-state index contributed by atoms with van der Waals surface area (Å²) in [6, 6.07) is 0. The first kappa shape index (κ1) is 14.8. The summed E-state index contributed by atoms with van der Waals surface area (Å²) in [5.41, 5.74) is 2.78. The molecule has 1 N–H and O–H groups in total. The maximum absolute atomic E-state index is 12.6. The van der Waals surface area contributed by atoms with Crippen molar-refractivity contribution >= 4 is 11.7 Å². The van der Waals surface area contributed by atoms with Crippen molar-refractivity contribution in [2.45, 2.75) is 27.2 Å². The van der Waals surface area contributed by atoms with Crippen molar-refractivity contribution in [3.05, 3.63) is 22.5 Å². The Morgan fingerprint density at radius 3 is 2.40 bits per heavy atom. The van der Waals surface area contributed by atoms with Gasteiger partial charge in [-0.15, -0.1) is 0 Å². The van der Waals surface area contributed by atoms with E-state index in [9.17, 15) is 9.59 Å². The van der Waals surface area contributed by atoms with E-state index < -0.39 is 0 Å². The fourth-order valence-corrected chi connectivity index (χ4v) is 2.90. The molecule has 5 nitrogen and oxygen atoms in total. The molecular formula is C15H23N3O2. The minimum atomic E-state index is 0.00546. The first-order valence-corrected chi connectivity index (χ1v) is 7.09. The SMILES string of the molecule is CC(=O)c1c(C)[nH]c(C(=O)N2CCCN(C)CC2)c1C. The summed E-state index contributed by atoms with van der Waals surface area (Å²) in [7, 11) is 2.08. The summed E-state index contributed by atoms with van der Waals surface area (Å²) in [6.45, 7) is 8.65. The summed E-state index contributed by atoms with van der Waals surface area (Å²) < 4.78 is 0. The molecule has 2 rings (SSSR count). The van der Waals surface area contributed by atoms with Gasteiger partial charge in [-0.25, -0.2) is 0 Å². The number of hydrogen-bond acceptors (Lipinski definition) is 3. The summed E-state index contributed by atoms with van der Waals surface area (Å²) in [6.07, 6.45) is 0.987. The molecule has 1 aromatic heterocycles. The quantitative estimate of drug-likeness (QED) is 0.836. The van der Waals surface area contributed by atoms with Gasteiger partial charge in [0.1, 0.15) is 5.69 Å². The lowest BCUT2D eigenvalue weighted by atomic mass is 10.1. The maximum Gasteiger partial charge on any atom is 0.270 e. The molecule has 110 valence electrons. The first-order chi connectivity index (χ1) is 9.41. The highest BCUT2D eigenvalue weighted by Crippen LogP contribution is 2.20. The van der Waals surface area contributed by atoms with Gasteiger partial charge in [0, 0.05) is 30.9 Å². The van der Waals surface area contributed by atoms with E-state index in [-0.39, 0.29) is 11.7 Å². The monoisotopic (exact) mass is 277 g/mol. The molecule has 1 fully saturated rings. The predicted octanol–water partition coefficient (Wildman–Crippen LogP) is 1.61. The Morgan fingerprint density at radius 2 is 1.80 bits per heavy atom. The molecule has 20 heavy (non-hydrogen) atoms. The number of hydrogen-bond donors (Lipinski definition) is 1. The van der Waals surface area contributed by atoms with E-state index in [4.69, 9.17) is 0 Å². The van der Waals surface area contributed by atoms with Gasteiger partial charge in [-0.1, -0.05) is 0 Å². The number of carbonyl (C=O) groups is 2. The molecule has 2 heterocycles. The first-order valence-electron chi connectivity index (χ1n) is 7.09. The highest BCUT2D eigenvalue weighted by molar-refractivity contribution is 6.02. The van der Waals surface area contributed by atoms with Gasteiger partial charge >= 0.3 is 0 Å². The van der Waals surface area contributed by atoms with Crippen LogP contribution in [0.4, 0.5) is 0 Å². The van der Waals surface area contributed by atoms with E-state index in [0.29, 0.717) is 11.3 Å². The lowest BCUT2D eigenvalue weighted by molar-refractivity contribution is 0.0756. The molecule has 0 bridgehead atoms. The third-order valence-corrected chi connectivity index (χ3v) is 4.01. The van der Waals surface area contributed by atoms with E-state index >= 15 is 0 Å². The van der Waals surface area contributed by atoms with Crippen molar-refractivity contribution < 1.29 is 9.59 Å². The number of aromatic nitrogens is 1. The Kier molecular flexibility index (Phi) is 4.28. The second-order valence-corrected chi connectivity index (χ2v) is 5.63. The van der Waals surface area contributed by atoms with Crippen molar-refractivity contribution in [2.75, 3.05) is 33.2 Å². The summed E-state index contributed by atoms with van der Waals surface area (Å²) in [5.74, 6) is 0.0132. The average Bonchev–Trinajstić information content (AvgIpc) is 2.55. The van der Waals surface area contributed by atoms with Gasteiger partial charge in [-0.2, -0.15) is 0 Å². The van der Waals surface area contributed by atoms with E-state index in [1.807, 2.05) is 18.7 Å². The third-order valence-electron chi connectivity index (χ3n) is 4.01. The standard InChI is InChI=1S/C15H23N3O2/c1-10-13(12(3)19)11(2)16-14(10)15(20)18-7-5-6-17(4)8-9-18/h16H,5-9H2,1-4H3. The summed E-state index contributed by atoms with van der Waals surface area (Å²) in [4.78, 5) is 31.5. The summed E-state index contributed by atoms with van der Waals surface area (Å²) >= 11 is 0. The Bertz CT molecular complexity index is 533. The van der Waals surface area contributed by atoms with E-state index in [0.717, 1.165) is 43.9 Å². The van der Waals surface area contributed by atoms with Crippen LogP contribution >= 0.6 is 0 Å². The van der Waals surface area contributed by atoms with Crippen LogP contribution < -0.4 is 0 Å². The van der Waals surface area contributed by atoms with Crippen LogP contribution in [-0.4, -0.2) is 59.7 Å². The Labute approximate surface area is 119 Å². The molecule has 0 radical (unpaired) electrons.